The number of anilines is 3. The smallest absolute Gasteiger partial charge is 1.00 e. The predicted octanol–water partition coefficient (Wildman–Crippen LogP) is 2.83. The summed E-state index contributed by atoms with van der Waals surface area (Å²) in [5, 5.41) is 12.2. The average Bonchev–Trinajstić information content (AvgIpc) is 2.95. The van der Waals surface area contributed by atoms with Crippen LogP contribution in [0.3, 0.4) is 0 Å². The Balaban J connectivity index is 0.00000368. The molecule has 4 rings (SSSR count). The molecule has 10 nitrogen and oxygen atoms in total. The van der Waals surface area contributed by atoms with Gasteiger partial charge in [-0.05, 0) is 56.9 Å². The van der Waals surface area contributed by atoms with E-state index in [1.165, 1.54) is 7.11 Å². The van der Waals surface area contributed by atoms with Crippen molar-refractivity contribution in [1.29, 1.82) is 0 Å². The fourth-order valence-corrected chi connectivity index (χ4v) is 4.87. The molecule has 1 fully saturated rings. The molecule has 2 N–H and O–H groups in total. The summed E-state index contributed by atoms with van der Waals surface area (Å²) in [5.41, 5.74) is 0.754. The summed E-state index contributed by atoms with van der Waals surface area (Å²) >= 11 is 0. The van der Waals surface area contributed by atoms with Gasteiger partial charge >= 0.3 is 37.1 Å². The number of carbonyl (C=O) groups excluding carboxylic acids is 1. The quantitative estimate of drug-likeness (QED) is 0.347. The molecule has 1 saturated heterocycles. The Morgan fingerprint density at radius 3 is 2.29 bits per heavy atom. The molecule has 14 heteroatoms. The van der Waals surface area contributed by atoms with Gasteiger partial charge in [0.05, 0.1) is 30.5 Å². The number of amides is 1. The topological polar surface area (TPSA) is 117 Å². The first kappa shape index (κ1) is 35.5. The van der Waals surface area contributed by atoms with Gasteiger partial charge in [0.15, 0.2) is 0 Å². The molecule has 1 aliphatic heterocycles. The van der Waals surface area contributed by atoms with Gasteiger partial charge in [0.2, 0.25) is 5.95 Å². The number of nitrogens with zero attached hydrogens (tertiary/aromatic N) is 4. The van der Waals surface area contributed by atoms with Crippen LogP contribution in [0, 0.1) is 0 Å². The van der Waals surface area contributed by atoms with Crippen molar-refractivity contribution in [3.63, 3.8) is 0 Å². The number of carboxylic acid groups (broad SMARTS) is 1. The molecule has 238 valence electrons. The number of carboxylic acids is 1. The van der Waals surface area contributed by atoms with E-state index in [4.69, 9.17) is 9.47 Å². The number of hydrogen-bond donors (Lipinski definition) is 2. The number of methoxy groups -OCH3 is 1. The minimum absolute atomic E-state index is 0. The summed E-state index contributed by atoms with van der Waals surface area (Å²) in [7, 11) is 1.48. The van der Waals surface area contributed by atoms with Gasteiger partial charge in [0.25, 0.3) is 0 Å². The SMILES string of the molecule is COc1cc(N2CCN(C(=O)OC(C)(C)C)CC2)ccc1Nc1ncc(C(F)(F)F)c(CCc2ccccc2CC(=O)O)n1.[H-].[Li+]. The van der Waals surface area contributed by atoms with Crippen molar-refractivity contribution >= 4 is 29.4 Å². The third kappa shape index (κ3) is 9.77. The number of hydrogen-bond acceptors (Lipinski definition) is 8. The molecule has 2 heterocycles. The molecule has 0 radical (unpaired) electrons. The maximum absolute atomic E-state index is 13.8. The number of ether oxygens (including phenoxy) is 2. The molecule has 2 aromatic carbocycles. The number of rotatable bonds is 9. The molecule has 0 bridgehead atoms. The number of carbonyl (C=O) groups is 2. The van der Waals surface area contributed by atoms with E-state index >= 15 is 0 Å². The summed E-state index contributed by atoms with van der Waals surface area (Å²) in [6.07, 6.45) is -4.40. The van der Waals surface area contributed by atoms with Gasteiger partial charge in [0.1, 0.15) is 11.4 Å². The molecule has 0 unspecified atom stereocenters. The average molecular weight is 624 g/mol. The van der Waals surface area contributed by atoms with Gasteiger partial charge in [-0.2, -0.15) is 13.2 Å². The van der Waals surface area contributed by atoms with E-state index in [-0.39, 0.29) is 57.3 Å². The van der Waals surface area contributed by atoms with E-state index in [1.807, 2.05) is 26.8 Å². The molecular weight excluding hydrogens is 586 g/mol. The zero-order valence-corrected chi connectivity index (χ0v) is 26.1. The van der Waals surface area contributed by atoms with Crippen LogP contribution in [0.15, 0.2) is 48.7 Å². The Morgan fingerprint density at radius 1 is 1.02 bits per heavy atom. The zero-order chi connectivity index (χ0) is 32.1. The van der Waals surface area contributed by atoms with Gasteiger partial charge in [-0.15, -0.1) is 0 Å². The van der Waals surface area contributed by atoms with Crippen molar-refractivity contribution in [3.8, 4) is 5.75 Å². The van der Waals surface area contributed by atoms with E-state index in [1.54, 1.807) is 41.3 Å². The number of aliphatic carboxylic acids is 1. The summed E-state index contributed by atoms with van der Waals surface area (Å²) < 4.78 is 52.5. The summed E-state index contributed by atoms with van der Waals surface area (Å²) in [5.74, 6) is -0.626. The van der Waals surface area contributed by atoms with Crippen LogP contribution in [0.2, 0.25) is 0 Å². The standard InChI is InChI=1S/C31H36F3N5O5.Li.H/c1-30(2,3)44-29(42)39-15-13-38(14-16-39)22-10-12-25(26(18-22)43-4)37-28-35-19-23(31(32,33)34)24(36-28)11-9-20-7-5-6-8-21(20)17-27(40)41;;/h5-8,10,12,18-19H,9,11,13-17H2,1-4H3,(H,40,41)(H,35,36,37);;/q;+1;-1. The maximum Gasteiger partial charge on any atom is 1.00 e. The van der Waals surface area contributed by atoms with E-state index in [2.05, 4.69) is 20.2 Å². The Hall–Kier alpha value is -3.95. The fourth-order valence-electron chi connectivity index (χ4n) is 4.87. The molecule has 0 spiro atoms. The normalized spacial score (nSPS) is 13.6. The second-order valence-corrected chi connectivity index (χ2v) is 11.4. The van der Waals surface area contributed by atoms with Gasteiger partial charge in [-0.1, -0.05) is 24.3 Å². The summed E-state index contributed by atoms with van der Waals surface area (Å²) in [6, 6.07) is 12.1. The van der Waals surface area contributed by atoms with Crippen molar-refractivity contribution in [2.24, 2.45) is 0 Å². The molecule has 0 aliphatic carbocycles. The van der Waals surface area contributed by atoms with Gasteiger partial charge in [0, 0.05) is 44.1 Å². The van der Waals surface area contributed by atoms with Crippen molar-refractivity contribution in [2.45, 2.75) is 51.8 Å². The summed E-state index contributed by atoms with van der Waals surface area (Å²) in [4.78, 5) is 35.5. The second kappa shape index (κ2) is 14.9. The molecular formula is C31H37F3LiN5O5. The molecule has 3 aromatic rings. The number of aromatic nitrogens is 2. The molecule has 0 atom stereocenters. The third-order valence-electron chi connectivity index (χ3n) is 6.99. The Kier molecular flexibility index (Phi) is 11.8. The van der Waals surface area contributed by atoms with Crippen LogP contribution >= 0.6 is 0 Å². The minimum atomic E-state index is -4.67. The first-order chi connectivity index (χ1) is 20.7. The van der Waals surface area contributed by atoms with Crippen LogP contribution in [-0.2, 0) is 35.0 Å². The third-order valence-corrected chi connectivity index (χ3v) is 6.99. The van der Waals surface area contributed by atoms with Crippen molar-refractivity contribution < 1.29 is 57.6 Å². The van der Waals surface area contributed by atoms with Crippen LogP contribution in [0.1, 0.15) is 44.6 Å². The summed E-state index contributed by atoms with van der Waals surface area (Å²) in [6.45, 7) is 7.60. The van der Waals surface area contributed by atoms with Crippen LogP contribution in [0.5, 0.6) is 5.75 Å². The minimum Gasteiger partial charge on any atom is -1.00 e. The van der Waals surface area contributed by atoms with Crippen LogP contribution in [0.4, 0.5) is 35.3 Å². The van der Waals surface area contributed by atoms with Gasteiger partial charge in [-0.3, -0.25) is 4.79 Å². The maximum atomic E-state index is 13.8. The predicted molar refractivity (Wildman–Crippen MR) is 160 cm³/mol. The number of aryl methyl sites for hydroxylation is 2. The largest absolute Gasteiger partial charge is 1.00 e. The van der Waals surface area contributed by atoms with E-state index in [0.29, 0.717) is 48.7 Å². The first-order valence-electron chi connectivity index (χ1n) is 14.1. The fraction of sp³-hybridized carbons (Fsp3) is 0.419. The van der Waals surface area contributed by atoms with Gasteiger partial charge < -0.3 is 31.1 Å². The molecule has 1 amide bonds. The van der Waals surface area contributed by atoms with E-state index in [0.717, 1.165) is 11.9 Å². The monoisotopic (exact) mass is 623 g/mol. The Labute approximate surface area is 273 Å². The van der Waals surface area contributed by atoms with Gasteiger partial charge in [-0.25, -0.2) is 14.8 Å². The zero-order valence-electron chi connectivity index (χ0n) is 27.1. The van der Waals surface area contributed by atoms with Crippen molar-refractivity contribution in [3.05, 3.63) is 71.0 Å². The number of nitrogens with one attached hydrogen (secondary N) is 1. The number of piperazine rings is 1. The molecule has 1 aromatic heterocycles. The van der Waals surface area contributed by atoms with Crippen molar-refractivity contribution in [1.82, 2.24) is 14.9 Å². The number of alkyl halides is 3. The first-order valence-corrected chi connectivity index (χ1v) is 14.1. The van der Waals surface area contributed by atoms with Crippen LogP contribution in [0.25, 0.3) is 0 Å². The number of halogens is 3. The molecule has 1 aliphatic rings. The Morgan fingerprint density at radius 2 is 1.69 bits per heavy atom. The second-order valence-electron chi connectivity index (χ2n) is 11.4. The van der Waals surface area contributed by atoms with E-state index < -0.39 is 23.3 Å². The Bertz CT molecular complexity index is 1500. The van der Waals surface area contributed by atoms with Crippen LogP contribution in [-0.4, -0.2) is 70.9 Å². The van der Waals surface area contributed by atoms with E-state index in [9.17, 15) is 27.9 Å². The molecule has 45 heavy (non-hydrogen) atoms. The molecule has 0 saturated carbocycles. The number of benzene rings is 2. The van der Waals surface area contributed by atoms with Crippen LogP contribution < -0.4 is 33.8 Å². The van der Waals surface area contributed by atoms with Crippen molar-refractivity contribution in [2.75, 3.05) is 43.5 Å².